The number of hydrogen-bond acceptors (Lipinski definition) is 4. The predicted molar refractivity (Wildman–Crippen MR) is 66.7 cm³/mol. The van der Waals surface area contributed by atoms with Crippen molar-refractivity contribution in [1.29, 1.82) is 0 Å². The highest BCUT2D eigenvalue weighted by Crippen LogP contribution is 2.14. The molecule has 1 saturated heterocycles. The van der Waals surface area contributed by atoms with Gasteiger partial charge < -0.3 is 15.2 Å². The molecule has 7 nitrogen and oxygen atoms in total. The van der Waals surface area contributed by atoms with Crippen LogP contribution in [0.15, 0.2) is 0 Å². The van der Waals surface area contributed by atoms with Crippen LogP contribution in [0.1, 0.15) is 40.0 Å². The van der Waals surface area contributed by atoms with Gasteiger partial charge in [-0.2, -0.15) is 0 Å². The zero-order chi connectivity index (χ0) is 14.6. The predicted octanol–water partition coefficient (Wildman–Crippen LogP) is 1.57. The monoisotopic (exact) mass is 272 g/mol. The fraction of sp³-hybridized carbons (Fsp3) is 0.750. The molecule has 0 aromatic heterocycles. The topological polar surface area (TPSA) is 95.9 Å². The van der Waals surface area contributed by atoms with Crippen molar-refractivity contribution in [2.24, 2.45) is 0 Å². The first kappa shape index (κ1) is 15.3. The zero-order valence-electron chi connectivity index (χ0n) is 11.4. The van der Waals surface area contributed by atoms with Crippen molar-refractivity contribution in [3.63, 3.8) is 0 Å². The van der Waals surface area contributed by atoms with Gasteiger partial charge in [-0.3, -0.25) is 4.79 Å². The molecule has 1 atom stereocenters. The fourth-order valence-electron chi connectivity index (χ4n) is 1.81. The molecule has 1 aliphatic rings. The lowest BCUT2D eigenvalue weighted by molar-refractivity contribution is -0.130. The Morgan fingerprint density at radius 1 is 1.37 bits per heavy atom. The highest BCUT2D eigenvalue weighted by Gasteiger charge is 2.32. The van der Waals surface area contributed by atoms with E-state index in [1.165, 1.54) is 0 Å². The fourth-order valence-corrected chi connectivity index (χ4v) is 1.81. The van der Waals surface area contributed by atoms with Gasteiger partial charge in [0.15, 0.2) is 0 Å². The summed E-state index contributed by atoms with van der Waals surface area (Å²) in [5, 5.41) is 11.4. The first-order valence-corrected chi connectivity index (χ1v) is 6.24. The van der Waals surface area contributed by atoms with Crippen molar-refractivity contribution in [2.45, 2.75) is 51.7 Å². The second-order valence-corrected chi connectivity index (χ2v) is 5.47. The van der Waals surface area contributed by atoms with Crippen molar-refractivity contribution in [3.8, 4) is 0 Å². The molecule has 0 saturated carbocycles. The SMILES string of the molecule is CC(C)(C)OC(=O)N[C@H]1CCCCN(C(=O)O)C1=O. The van der Waals surface area contributed by atoms with Gasteiger partial charge in [0.2, 0.25) is 0 Å². The molecular weight excluding hydrogens is 252 g/mol. The third kappa shape index (κ3) is 4.76. The molecule has 19 heavy (non-hydrogen) atoms. The molecule has 108 valence electrons. The quantitative estimate of drug-likeness (QED) is 0.755. The lowest BCUT2D eigenvalue weighted by Gasteiger charge is -2.24. The first-order chi connectivity index (χ1) is 8.70. The molecule has 1 heterocycles. The maximum Gasteiger partial charge on any atom is 0.414 e. The van der Waals surface area contributed by atoms with Crippen LogP contribution in [0, 0.1) is 0 Å². The molecule has 7 heteroatoms. The number of carboxylic acid groups (broad SMARTS) is 1. The minimum Gasteiger partial charge on any atom is -0.465 e. The summed E-state index contributed by atoms with van der Waals surface area (Å²) >= 11 is 0. The van der Waals surface area contributed by atoms with Gasteiger partial charge >= 0.3 is 12.2 Å². The van der Waals surface area contributed by atoms with Crippen LogP contribution in [0.5, 0.6) is 0 Å². The summed E-state index contributed by atoms with van der Waals surface area (Å²) in [7, 11) is 0. The Bertz CT molecular complexity index is 375. The molecule has 0 radical (unpaired) electrons. The van der Waals surface area contributed by atoms with Crippen LogP contribution < -0.4 is 5.32 Å². The Labute approximate surface area is 111 Å². The number of ether oxygens (including phenoxy) is 1. The summed E-state index contributed by atoms with van der Waals surface area (Å²) in [4.78, 5) is 35.3. The summed E-state index contributed by atoms with van der Waals surface area (Å²) < 4.78 is 5.06. The van der Waals surface area contributed by atoms with Gasteiger partial charge in [0, 0.05) is 6.54 Å². The molecule has 0 aliphatic carbocycles. The van der Waals surface area contributed by atoms with Crippen LogP contribution >= 0.6 is 0 Å². The second-order valence-electron chi connectivity index (χ2n) is 5.47. The van der Waals surface area contributed by atoms with E-state index in [1.807, 2.05) is 0 Å². The van der Waals surface area contributed by atoms with E-state index in [4.69, 9.17) is 9.84 Å². The molecule has 0 aromatic rings. The van der Waals surface area contributed by atoms with Crippen LogP contribution in [0.4, 0.5) is 9.59 Å². The van der Waals surface area contributed by atoms with Gasteiger partial charge in [-0.05, 0) is 40.0 Å². The second kappa shape index (κ2) is 5.90. The molecule has 0 aromatic carbocycles. The summed E-state index contributed by atoms with van der Waals surface area (Å²) in [5.74, 6) is -0.601. The van der Waals surface area contributed by atoms with Crippen molar-refractivity contribution >= 4 is 18.1 Å². The third-order valence-corrected chi connectivity index (χ3v) is 2.61. The number of alkyl carbamates (subject to hydrolysis) is 1. The molecule has 1 rings (SSSR count). The smallest absolute Gasteiger partial charge is 0.414 e. The number of carbonyl (C=O) groups is 3. The molecule has 0 unspecified atom stereocenters. The Morgan fingerprint density at radius 3 is 2.53 bits per heavy atom. The van der Waals surface area contributed by atoms with Crippen molar-refractivity contribution in [1.82, 2.24) is 10.2 Å². The normalized spacial score (nSPS) is 20.7. The average molecular weight is 272 g/mol. The van der Waals surface area contributed by atoms with Crippen LogP contribution in [0.25, 0.3) is 0 Å². The highest BCUT2D eigenvalue weighted by atomic mass is 16.6. The third-order valence-electron chi connectivity index (χ3n) is 2.61. The maximum atomic E-state index is 12.0. The van der Waals surface area contributed by atoms with Gasteiger partial charge in [-0.1, -0.05) is 0 Å². The van der Waals surface area contributed by atoms with E-state index >= 15 is 0 Å². The molecule has 1 aliphatic heterocycles. The Kier molecular flexibility index (Phi) is 4.74. The average Bonchev–Trinajstić information content (AvgIpc) is 2.39. The number of imide groups is 1. The zero-order valence-corrected chi connectivity index (χ0v) is 11.4. The van der Waals surface area contributed by atoms with Crippen molar-refractivity contribution in [2.75, 3.05) is 6.54 Å². The van der Waals surface area contributed by atoms with Gasteiger partial charge in [-0.25, -0.2) is 14.5 Å². The molecule has 1 fully saturated rings. The minimum atomic E-state index is -1.29. The van der Waals surface area contributed by atoms with Crippen molar-refractivity contribution in [3.05, 3.63) is 0 Å². The Balaban J connectivity index is 2.67. The Morgan fingerprint density at radius 2 is 2.00 bits per heavy atom. The van der Waals surface area contributed by atoms with Gasteiger partial charge in [0.05, 0.1) is 0 Å². The number of rotatable bonds is 1. The lowest BCUT2D eigenvalue weighted by Crippen LogP contribution is -2.50. The number of nitrogens with zero attached hydrogens (tertiary/aromatic N) is 1. The van der Waals surface area contributed by atoms with E-state index < -0.39 is 29.7 Å². The number of nitrogens with one attached hydrogen (secondary N) is 1. The van der Waals surface area contributed by atoms with Crippen molar-refractivity contribution < 1.29 is 24.2 Å². The van der Waals surface area contributed by atoms with Crippen LogP contribution in [-0.2, 0) is 9.53 Å². The first-order valence-electron chi connectivity index (χ1n) is 6.24. The molecule has 3 amide bonds. The van der Waals surface area contributed by atoms with Gasteiger partial charge in [0.1, 0.15) is 11.6 Å². The summed E-state index contributed by atoms with van der Waals surface area (Å²) in [6, 6.07) is -0.839. The van der Waals surface area contributed by atoms with Crippen LogP contribution in [0.2, 0.25) is 0 Å². The van der Waals surface area contributed by atoms with E-state index in [1.54, 1.807) is 20.8 Å². The molecular formula is C12H20N2O5. The van der Waals surface area contributed by atoms with Gasteiger partial charge in [0.25, 0.3) is 5.91 Å². The molecule has 2 N–H and O–H groups in total. The van der Waals surface area contributed by atoms with E-state index in [2.05, 4.69) is 5.32 Å². The number of carbonyl (C=O) groups excluding carboxylic acids is 2. The van der Waals surface area contributed by atoms with Crippen LogP contribution in [-0.4, -0.2) is 46.3 Å². The standard InChI is InChI=1S/C12H20N2O5/c1-12(2,3)19-10(16)13-8-6-4-5-7-14(9(8)15)11(17)18/h8H,4-7H2,1-3H3,(H,13,16)(H,17,18)/t8-/m0/s1. The Hall–Kier alpha value is -1.79. The molecule has 0 bridgehead atoms. The summed E-state index contributed by atoms with van der Waals surface area (Å²) in [6.07, 6.45) is -0.302. The number of amides is 3. The maximum absolute atomic E-state index is 12.0. The van der Waals surface area contributed by atoms with Crippen LogP contribution in [0.3, 0.4) is 0 Å². The lowest BCUT2D eigenvalue weighted by atomic mass is 10.1. The summed E-state index contributed by atoms with van der Waals surface area (Å²) in [6.45, 7) is 5.31. The van der Waals surface area contributed by atoms with E-state index in [0.717, 1.165) is 4.90 Å². The highest BCUT2D eigenvalue weighted by molar-refractivity contribution is 5.95. The van der Waals surface area contributed by atoms with E-state index in [-0.39, 0.29) is 6.54 Å². The molecule has 0 spiro atoms. The number of likely N-dealkylation sites (tertiary alicyclic amines) is 1. The minimum absolute atomic E-state index is 0.167. The number of hydrogen-bond donors (Lipinski definition) is 2. The largest absolute Gasteiger partial charge is 0.465 e. The van der Waals surface area contributed by atoms with E-state index in [9.17, 15) is 14.4 Å². The van der Waals surface area contributed by atoms with Gasteiger partial charge in [-0.15, -0.1) is 0 Å². The summed E-state index contributed by atoms with van der Waals surface area (Å²) in [5.41, 5.74) is -0.662. The van der Waals surface area contributed by atoms with E-state index in [0.29, 0.717) is 19.3 Å².